The van der Waals surface area contributed by atoms with E-state index in [9.17, 15) is 4.79 Å². The van der Waals surface area contributed by atoms with Crippen molar-refractivity contribution in [3.05, 3.63) is 15.9 Å². The number of rotatable bonds is 3. The monoisotopic (exact) mass is 315 g/mol. The van der Waals surface area contributed by atoms with E-state index in [-0.39, 0.29) is 6.03 Å². The van der Waals surface area contributed by atoms with Gasteiger partial charge in [-0.1, -0.05) is 6.92 Å². The molecule has 6 nitrogen and oxygen atoms in total. The van der Waals surface area contributed by atoms with Crippen LogP contribution in [0, 0.1) is 0 Å². The molecular weight excluding hydrogens is 298 g/mol. The Morgan fingerprint density at radius 2 is 2.17 bits per heavy atom. The second kappa shape index (κ2) is 5.27. The third-order valence-electron chi connectivity index (χ3n) is 3.19. The molecule has 0 unspecified atom stereocenters. The van der Waals surface area contributed by atoms with Crippen LogP contribution in [0.1, 0.15) is 24.7 Å². The average Bonchev–Trinajstić information content (AvgIpc) is 2.62. The van der Waals surface area contributed by atoms with E-state index >= 15 is 0 Å². The highest BCUT2D eigenvalue weighted by Gasteiger charge is 2.25. The Morgan fingerprint density at radius 3 is 2.78 bits per heavy atom. The number of aromatic nitrogens is 2. The number of hydrogen-bond acceptors (Lipinski definition) is 3. The smallest absolute Gasteiger partial charge is 0.318 e. The standard InChI is InChI=1S/C11H18BrN5O/c1-3-8-10(12)9(15(2)14-8)7-16-5-4-6-17(13)11(16)18/h3-7,13H2,1-2H3. The quantitative estimate of drug-likeness (QED) is 0.674. The molecule has 2 N–H and O–H groups in total. The molecule has 2 amide bonds. The normalized spacial score (nSPS) is 16.6. The van der Waals surface area contributed by atoms with Crippen molar-refractivity contribution in [3.8, 4) is 0 Å². The first-order valence-corrected chi connectivity index (χ1v) is 6.85. The lowest BCUT2D eigenvalue weighted by Gasteiger charge is -2.32. The van der Waals surface area contributed by atoms with Crippen LogP contribution in [0.4, 0.5) is 4.79 Å². The number of hydrogen-bond donors (Lipinski definition) is 1. The molecule has 1 saturated heterocycles. The van der Waals surface area contributed by atoms with E-state index in [1.54, 1.807) is 4.90 Å². The Balaban J connectivity index is 2.18. The van der Waals surface area contributed by atoms with Crippen LogP contribution in [0.3, 0.4) is 0 Å². The predicted molar refractivity (Wildman–Crippen MR) is 71.6 cm³/mol. The molecule has 0 saturated carbocycles. The lowest BCUT2D eigenvalue weighted by atomic mass is 10.2. The summed E-state index contributed by atoms with van der Waals surface area (Å²) in [4.78, 5) is 13.7. The van der Waals surface area contributed by atoms with E-state index in [0.717, 1.165) is 35.2 Å². The predicted octanol–water partition coefficient (Wildman–Crippen LogP) is 1.25. The number of carbonyl (C=O) groups is 1. The van der Waals surface area contributed by atoms with Gasteiger partial charge >= 0.3 is 6.03 Å². The van der Waals surface area contributed by atoms with E-state index in [4.69, 9.17) is 5.84 Å². The van der Waals surface area contributed by atoms with Crippen LogP contribution >= 0.6 is 15.9 Å². The minimum Gasteiger partial charge on any atom is -0.318 e. The van der Waals surface area contributed by atoms with Gasteiger partial charge in [0.2, 0.25) is 0 Å². The van der Waals surface area contributed by atoms with Crippen molar-refractivity contribution in [2.24, 2.45) is 12.9 Å². The van der Waals surface area contributed by atoms with Gasteiger partial charge in [0.25, 0.3) is 0 Å². The zero-order chi connectivity index (χ0) is 13.3. The zero-order valence-electron chi connectivity index (χ0n) is 10.7. The van der Waals surface area contributed by atoms with Gasteiger partial charge in [-0.05, 0) is 28.8 Å². The molecule has 0 radical (unpaired) electrons. The topological polar surface area (TPSA) is 67.4 Å². The van der Waals surface area contributed by atoms with Gasteiger partial charge in [-0.3, -0.25) is 9.69 Å². The van der Waals surface area contributed by atoms with Gasteiger partial charge in [-0.15, -0.1) is 0 Å². The summed E-state index contributed by atoms with van der Waals surface area (Å²) in [6.07, 6.45) is 1.77. The Bertz CT molecular complexity index is 459. The first kappa shape index (κ1) is 13.4. The van der Waals surface area contributed by atoms with E-state index < -0.39 is 0 Å². The van der Waals surface area contributed by atoms with Crippen molar-refractivity contribution in [1.29, 1.82) is 0 Å². The molecule has 1 aliphatic heterocycles. The van der Waals surface area contributed by atoms with Crippen LogP contribution < -0.4 is 5.84 Å². The number of halogens is 1. The summed E-state index contributed by atoms with van der Waals surface area (Å²) in [6, 6.07) is -0.118. The van der Waals surface area contributed by atoms with Crippen molar-refractivity contribution in [2.45, 2.75) is 26.3 Å². The summed E-state index contributed by atoms with van der Waals surface area (Å²) in [7, 11) is 1.90. The minimum atomic E-state index is -0.118. The molecule has 2 rings (SSSR count). The highest BCUT2D eigenvalue weighted by molar-refractivity contribution is 9.10. The highest BCUT2D eigenvalue weighted by Crippen LogP contribution is 2.23. The van der Waals surface area contributed by atoms with Crippen LogP contribution in [-0.2, 0) is 20.0 Å². The third kappa shape index (κ3) is 2.37. The average molecular weight is 316 g/mol. The minimum absolute atomic E-state index is 0.118. The molecule has 0 aliphatic carbocycles. The van der Waals surface area contributed by atoms with Gasteiger partial charge in [-0.2, -0.15) is 5.10 Å². The van der Waals surface area contributed by atoms with Crippen molar-refractivity contribution < 1.29 is 4.79 Å². The van der Waals surface area contributed by atoms with Gasteiger partial charge in [0, 0.05) is 20.1 Å². The summed E-state index contributed by atoms with van der Waals surface area (Å²) in [5, 5.41) is 5.70. The lowest BCUT2D eigenvalue weighted by molar-refractivity contribution is 0.126. The fraction of sp³-hybridized carbons (Fsp3) is 0.636. The van der Waals surface area contributed by atoms with Gasteiger partial charge in [0.15, 0.2) is 0 Å². The summed E-state index contributed by atoms with van der Waals surface area (Å²) in [6.45, 7) is 3.97. The Hall–Kier alpha value is -1.08. The highest BCUT2D eigenvalue weighted by atomic mass is 79.9. The first-order chi connectivity index (χ1) is 8.54. The number of amides is 2. The summed E-state index contributed by atoms with van der Waals surface area (Å²) >= 11 is 3.56. The summed E-state index contributed by atoms with van der Waals surface area (Å²) < 4.78 is 2.82. The van der Waals surface area contributed by atoms with Crippen LogP contribution in [0.25, 0.3) is 0 Å². The second-order valence-corrected chi connectivity index (χ2v) is 5.23. The van der Waals surface area contributed by atoms with Gasteiger partial charge in [0.05, 0.1) is 22.4 Å². The maximum Gasteiger partial charge on any atom is 0.334 e. The SMILES string of the molecule is CCc1nn(C)c(CN2CCCN(N)C2=O)c1Br. The molecule has 1 aliphatic rings. The number of carbonyl (C=O) groups excluding carboxylic acids is 1. The summed E-state index contributed by atoms with van der Waals surface area (Å²) in [5.41, 5.74) is 2.03. The zero-order valence-corrected chi connectivity index (χ0v) is 12.3. The van der Waals surface area contributed by atoms with Crippen LogP contribution in [0.2, 0.25) is 0 Å². The Labute approximate surface area is 115 Å². The van der Waals surface area contributed by atoms with Crippen LogP contribution in [0.15, 0.2) is 4.47 Å². The van der Waals surface area contributed by atoms with E-state index in [1.165, 1.54) is 5.01 Å². The number of urea groups is 1. The molecule has 1 fully saturated rings. The van der Waals surface area contributed by atoms with Gasteiger partial charge < -0.3 is 4.90 Å². The molecule has 0 atom stereocenters. The molecule has 100 valence electrons. The first-order valence-electron chi connectivity index (χ1n) is 6.06. The van der Waals surface area contributed by atoms with Gasteiger partial charge in [0.1, 0.15) is 0 Å². The molecule has 7 heteroatoms. The van der Waals surface area contributed by atoms with E-state index in [0.29, 0.717) is 13.1 Å². The molecular formula is C11H18BrN5O. The molecule has 1 aromatic heterocycles. The van der Waals surface area contributed by atoms with Crippen LogP contribution in [0.5, 0.6) is 0 Å². The molecule has 18 heavy (non-hydrogen) atoms. The molecule has 0 aromatic carbocycles. The molecule has 2 heterocycles. The van der Waals surface area contributed by atoms with Crippen LogP contribution in [-0.4, -0.2) is 38.8 Å². The second-order valence-electron chi connectivity index (χ2n) is 4.44. The van der Waals surface area contributed by atoms with E-state index in [1.807, 2.05) is 11.7 Å². The molecule has 1 aromatic rings. The van der Waals surface area contributed by atoms with Crippen molar-refractivity contribution in [3.63, 3.8) is 0 Å². The largest absolute Gasteiger partial charge is 0.334 e. The summed E-state index contributed by atoms with van der Waals surface area (Å²) in [5.74, 6) is 5.64. The lowest BCUT2D eigenvalue weighted by Crippen LogP contribution is -2.52. The maximum atomic E-state index is 11.9. The number of nitrogens with two attached hydrogens (primary N) is 1. The fourth-order valence-electron chi connectivity index (χ4n) is 2.12. The number of nitrogens with zero attached hydrogens (tertiary/aromatic N) is 4. The van der Waals surface area contributed by atoms with Gasteiger partial charge in [-0.25, -0.2) is 10.6 Å². The third-order valence-corrected chi connectivity index (χ3v) is 4.10. The maximum absolute atomic E-state index is 11.9. The molecule has 0 bridgehead atoms. The number of aryl methyl sites for hydroxylation is 2. The van der Waals surface area contributed by atoms with Crippen molar-refractivity contribution in [2.75, 3.05) is 13.1 Å². The van der Waals surface area contributed by atoms with Crippen molar-refractivity contribution in [1.82, 2.24) is 19.7 Å². The van der Waals surface area contributed by atoms with Crippen molar-refractivity contribution >= 4 is 22.0 Å². The van der Waals surface area contributed by atoms with E-state index in [2.05, 4.69) is 28.0 Å². The Kier molecular flexibility index (Phi) is 3.91. The fourth-order valence-corrected chi connectivity index (χ4v) is 2.87. The number of hydrazine groups is 1. The molecule has 0 spiro atoms. The Morgan fingerprint density at radius 1 is 1.44 bits per heavy atom.